The van der Waals surface area contributed by atoms with Gasteiger partial charge in [0.1, 0.15) is 11.6 Å². The standard InChI is InChI=1S/C18H17BrFN5O/c19-14-10-13(20)2-3-15(14)23-17-11-16(12-4-7-21-8-5-12)24-18(25-17)22-6-1-9-26/h2-5,7-8,10-11,26H,1,6,9H2,(H2,22,23,24,25). The monoisotopic (exact) mass is 417 g/mol. The Kier molecular flexibility index (Phi) is 6.08. The molecule has 0 saturated carbocycles. The van der Waals surface area contributed by atoms with E-state index in [0.29, 0.717) is 34.9 Å². The van der Waals surface area contributed by atoms with Crippen LogP contribution in [0, 0.1) is 5.82 Å². The van der Waals surface area contributed by atoms with Gasteiger partial charge in [-0.25, -0.2) is 9.37 Å². The summed E-state index contributed by atoms with van der Waals surface area (Å²) in [7, 11) is 0. The van der Waals surface area contributed by atoms with Crippen LogP contribution < -0.4 is 10.6 Å². The SMILES string of the molecule is OCCCNc1nc(Nc2ccc(F)cc2Br)cc(-c2ccncc2)n1. The molecular weight excluding hydrogens is 401 g/mol. The average Bonchev–Trinajstić information content (AvgIpc) is 2.65. The first-order valence-electron chi connectivity index (χ1n) is 8.02. The molecule has 0 bridgehead atoms. The second-order valence-electron chi connectivity index (χ2n) is 5.45. The number of aromatic nitrogens is 3. The lowest BCUT2D eigenvalue weighted by Crippen LogP contribution is -2.08. The van der Waals surface area contributed by atoms with E-state index < -0.39 is 0 Å². The molecule has 134 valence electrons. The fourth-order valence-electron chi connectivity index (χ4n) is 2.27. The number of hydrogen-bond donors (Lipinski definition) is 3. The molecule has 3 N–H and O–H groups in total. The lowest BCUT2D eigenvalue weighted by atomic mass is 10.2. The Labute approximate surface area is 158 Å². The lowest BCUT2D eigenvalue weighted by molar-refractivity contribution is 0.292. The van der Waals surface area contributed by atoms with Gasteiger partial charge in [-0.1, -0.05) is 0 Å². The third-order valence-electron chi connectivity index (χ3n) is 3.51. The minimum absolute atomic E-state index is 0.0880. The summed E-state index contributed by atoms with van der Waals surface area (Å²) in [5.41, 5.74) is 2.30. The highest BCUT2D eigenvalue weighted by Gasteiger charge is 2.09. The molecule has 0 amide bonds. The van der Waals surface area contributed by atoms with E-state index in [1.165, 1.54) is 12.1 Å². The molecule has 8 heteroatoms. The first-order valence-corrected chi connectivity index (χ1v) is 8.81. The van der Waals surface area contributed by atoms with Crippen LogP contribution >= 0.6 is 15.9 Å². The molecule has 0 fully saturated rings. The zero-order valence-corrected chi connectivity index (χ0v) is 15.4. The minimum Gasteiger partial charge on any atom is -0.396 e. The maximum atomic E-state index is 13.3. The summed E-state index contributed by atoms with van der Waals surface area (Å²) < 4.78 is 13.9. The summed E-state index contributed by atoms with van der Waals surface area (Å²) in [5, 5.41) is 15.2. The number of aliphatic hydroxyl groups excluding tert-OH is 1. The van der Waals surface area contributed by atoms with E-state index >= 15 is 0 Å². The molecule has 3 rings (SSSR count). The number of anilines is 3. The van der Waals surface area contributed by atoms with Gasteiger partial charge in [0, 0.05) is 41.6 Å². The smallest absolute Gasteiger partial charge is 0.225 e. The summed E-state index contributed by atoms with van der Waals surface area (Å²) in [4.78, 5) is 13.0. The molecule has 0 radical (unpaired) electrons. The highest BCUT2D eigenvalue weighted by Crippen LogP contribution is 2.28. The van der Waals surface area contributed by atoms with E-state index in [1.54, 1.807) is 18.5 Å². The Morgan fingerprint density at radius 3 is 2.62 bits per heavy atom. The van der Waals surface area contributed by atoms with E-state index in [-0.39, 0.29) is 12.4 Å². The van der Waals surface area contributed by atoms with E-state index in [2.05, 4.69) is 41.5 Å². The molecule has 1 aromatic carbocycles. The zero-order chi connectivity index (χ0) is 18.4. The van der Waals surface area contributed by atoms with Gasteiger partial charge in [0.2, 0.25) is 5.95 Å². The summed E-state index contributed by atoms with van der Waals surface area (Å²) in [6.45, 7) is 0.640. The van der Waals surface area contributed by atoms with E-state index in [9.17, 15) is 4.39 Å². The second-order valence-corrected chi connectivity index (χ2v) is 6.31. The Balaban J connectivity index is 1.93. The van der Waals surface area contributed by atoms with Crippen molar-refractivity contribution in [3.05, 3.63) is 59.1 Å². The summed E-state index contributed by atoms with van der Waals surface area (Å²) in [6.07, 6.45) is 3.98. The summed E-state index contributed by atoms with van der Waals surface area (Å²) >= 11 is 3.34. The van der Waals surface area contributed by atoms with Gasteiger partial charge in [-0.2, -0.15) is 4.98 Å². The molecule has 0 spiro atoms. The number of pyridine rings is 1. The van der Waals surface area contributed by atoms with E-state index in [4.69, 9.17) is 5.11 Å². The van der Waals surface area contributed by atoms with Crippen molar-refractivity contribution in [3.8, 4) is 11.3 Å². The zero-order valence-electron chi connectivity index (χ0n) is 13.8. The summed E-state index contributed by atoms with van der Waals surface area (Å²) in [5.74, 6) is 0.674. The van der Waals surface area contributed by atoms with Crippen LogP contribution in [0.4, 0.5) is 21.8 Å². The predicted molar refractivity (Wildman–Crippen MR) is 103 cm³/mol. The Morgan fingerprint density at radius 2 is 1.88 bits per heavy atom. The molecule has 0 aliphatic rings. The molecule has 2 heterocycles. The molecule has 0 atom stereocenters. The lowest BCUT2D eigenvalue weighted by Gasteiger charge is -2.12. The molecule has 2 aromatic heterocycles. The van der Waals surface area contributed by atoms with Crippen molar-refractivity contribution in [2.45, 2.75) is 6.42 Å². The van der Waals surface area contributed by atoms with Crippen molar-refractivity contribution >= 4 is 33.4 Å². The molecule has 3 aromatic rings. The van der Waals surface area contributed by atoms with Gasteiger partial charge < -0.3 is 15.7 Å². The van der Waals surface area contributed by atoms with Gasteiger partial charge in [0.05, 0.1) is 11.4 Å². The quantitative estimate of drug-likeness (QED) is 0.504. The topological polar surface area (TPSA) is 83.0 Å². The Hall–Kier alpha value is -2.58. The van der Waals surface area contributed by atoms with Crippen molar-refractivity contribution in [1.82, 2.24) is 15.0 Å². The van der Waals surface area contributed by atoms with Gasteiger partial charge >= 0.3 is 0 Å². The molecule has 26 heavy (non-hydrogen) atoms. The number of hydrogen-bond acceptors (Lipinski definition) is 6. The van der Waals surface area contributed by atoms with Crippen LogP contribution in [-0.4, -0.2) is 33.2 Å². The van der Waals surface area contributed by atoms with Crippen LogP contribution in [0.5, 0.6) is 0 Å². The first kappa shape index (κ1) is 18.2. The third kappa shape index (κ3) is 4.74. The number of rotatable bonds is 7. The van der Waals surface area contributed by atoms with Crippen LogP contribution in [0.3, 0.4) is 0 Å². The largest absolute Gasteiger partial charge is 0.396 e. The van der Waals surface area contributed by atoms with E-state index in [1.807, 2.05) is 18.2 Å². The Morgan fingerprint density at radius 1 is 1.08 bits per heavy atom. The van der Waals surface area contributed by atoms with Gasteiger partial charge in [0.15, 0.2) is 0 Å². The molecule has 6 nitrogen and oxygen atoms in total. The first-order chi connectivity index (χ1) is 12.7. The molecular formula is C18H17BrFN5O. The number of halogens is 2. The fraction of sp³-hybridized carbons (Fsp3) is 0.167. The van der Waals surface area contributed by atoms with Crippen molar-refractivity contribution in [2.75, 3.05) is 23.8 Å². The predicted octanol–water partition coefficient (Wildman–Crippen LogP) is 3.98. The number of nitrogens with one attached hydrogen (secondary N) is 2. The van der Waals surface area contributed by atoms with Crippen molar-refractivity contribution in [1.29, 1.82) is 0 Å². The van der Waals surface area contributed by atoms with Crippen LogP contribution in [-0.2, 0) is 0 Å². The van der Waals surface area contributed by atoms with Gasteiger partial charge in [-0.3, -0.25) is 4.98 Å². The van der Waals surface area contributed by atoms with Crippen LogP contribution in [0.2, 0.25) is 0 Å². The van der Waals surface area contributed by atoms with Gasteiger partial charge in [-0.05, 0) is 52.7 Å². The van der Waals surface area contributed by atoms with Crippen LogP contribution in [0.15, 0.2) is 53.3 Å². The molecule has 0 aliphatic heterocycles. The van der Waals surface area contributed by atoms with Gasteiger partial charge in [0.25, 0.3) is 0 Å². The normalized spacial score (nSPS) is 10.6. The average molecular weight is 418 g/mol. The maximum Gasteiger partial charge on any atom is 0.225 e. The maximum absolute atomic E-state index is 13.3. The molecule has 0 aliphatic carbocycles. The molecule has 0 saturated heterocycles. The van der Waals surface area contributed by atoms with Crippen molar-refractivity contribution < 1.29 is 9.50 Å². The van der Waals surface area contributed by atoms with Gasteiger partial charge in [-0.15, -0.1) is 0 Å². The van der Waals surface area contributed by atoms with Crippen molar-refractivity contribution in [2.24, 2.45) is 0 Å². The highest BCUT2D eigenvalue weighted by atomic mass is 79.9. The number of aliphatic hydroxyl groups is 1. The number of nitrogens with zero attached hydrogens (tertiary/aromatic N) is 3. The fourth-order valence-corrected chi connectivity index (χ4v) is 2.72. The van der Waals surface area contributed by atoms with Crippen molar-refractivity contribution in [3.63, 3.8) is 0 Å². The minimum atomic E-state index is -0.325. The van der Waals surface area contributed by atoms with Crippen LogP contribution in [0.25, 0.3) is 11.3 Å². The number of benzene rings is 1. The summed E-state index contributed by atoms with van der Waals surface area (Å²) in [6, 6.07) is 9.91. The Bertz CT molecular complexity index is 879. The second kappa shape index (κ2) is 8.68. The molecule has 0 unspecified atom stereocenters. The highest BCUT2D eigenvalue weighted by molar-refractivity contribution is 9.10. The van der Waals surface area contributed by atoms with E-state index in [0.717, 1.165) is 11.3 Å². The third-order valence-corrected chi connectivity index (χ3v) is 4.17. The van der Waals surface area contributed by atoms with Crippen LogP contribution in [0.1, 0.15) is 6.42 Å².